The monoisotopic (exact) mass is 392 g/mol. The van der Waals surface area contributed by atoms with Crippen LogP contribution in [0.3, 0.4) is 0 Å². The maximum Gasteiger partial charge on any atom is 0.230 e. The Morgan fingerprint density at radius 2 is 2.08 bits per heavy atom. The van der Waals surface area contributed by atoms with Crippen LogP contribution in [0, 0.1) is 0 Å². The summed E-state index contributed by atoms with van der Waals surface area (Å²) < 4.78 is 31.8. The first-order chi connectivity index (χ1) is 12.2. The Bertz CT molecular complexity index is 1140. The van der Waals surface area contributed by atoms with Gasteiger partial charge < -0.3 is 14.8 Å². The molecule has 2 N–H and O–H groups in total. The van der Waals surface area contributed by atoms with Crippen LogP contribution in [0.25, 0.3) is 11.0 Å². The molecule has 1 aliphatic rings. The van der Waals surface area contributed by atoms with Crippen molar-refractivity contribution in [3.63, 3.8) is 0 Å². The quantitative estimate of drug-likeness (QED) is 0.694. The lowest BCUT2D eigenvalue weighted by Gasteiger charge is -2.29. The minimum atomic E-state index is -3.99. The molecule has 2 aromatic heterocycles. The predicted molar refractivity (Wildman–Crippen MR) is 97.3 cm³/mol. The first-order valence-electron chi connectivity index (χ1n) is 8.11. The third-order valence-electron chi connectivity index (χ3n) is 4.67. The summed E-state index contributed by atoms with van der Waals surface area (Å²) in [6.45, 7) is 4.89. The second kappa shape index (κ2) is 5.70. The van der Waals surface area contributed by atoms with Crippen LogP contribution in [0.5, 0.6) is 5.88 Å². The summed E-state index contributed by atoms with van der Waals surface area (Å²) in [5.41, 5.74) is 1.28. The largest absolute Gasteiger partial charge is 0.492 e. The molecule has 0 fully saturated rings. The minimum absolute atomic E-state index is 0.0150. The molecule has 6 nitrogen and oxygen atoms in total. The standard InChI is InChI=1S/C18H17ClN2O4S/c1-18(2)16-13(5-6-21-18)12-4-3-11(8-14(12)25-16)26(23,24)15-7-10(19)9-20-17(15)22/h3-4,7-9,21H,5-6H2,1-2H3,(H,20,22). The van der Waals surface area contributed by atoms with Gasteiger partial charge >= 0.3 is 0 Å². The number of aromatic nitrogens is 1. The van der Waals surface area contributed by atoms with E-state index in [1.807, 2.05) is 13.8 Å². The average Bonchev–Trinajstić information content (AvgIpc) is 2.96. The van der Waals surface area contributed by atoms with Crippen LogP contribution in [0.1, 0.15) is 25.2 Å². The van der Waals surface area contributed by atoms with Gasteiger partial charge in [-0.3, -0.25) is 0 Å². The molecule has 0 bridgehead atoms. The van der Waals surface area contributed by atoms with E-state index in [0.717, 1.165) is 29.7 Å². The van der Waals surface area contributed by atoms with Gasteiger partial charge in [-0.25, -0.2) is 13.4 Å². The second-order valence-electron chi connectivity index (χ2n) is 6.85. The van der Waals surface area contributed by atoms with Crippen LogP contribution >= 0.6 is 11.6 Å². The fourth-order valence-corrected chi connectivity index (χ4v) is 4.93. The smallest absolute Gasteiger partial charge is 0.230 e. The maximum atomic E-state index is 12.9. The highest BCUT2D eigenvalue weighted by molar-refractivity contribution is 7.91. The molecule has 8 heteroatoms. The van der Waals surface area contributed by atoms with E-state index >= 15 is 0 Å². The van der Waals surface area contributed by atoms with Crippen molar-refractivity contribution in [2.75, 3.05) is 6.54 Å². The number of pyridine rings is 1. The topological polar surface area (TPSA) is 92.4 Å². The number of furan rings is 1. The number of hydrogen-bond donors (Lipinski definition) is 2. The van der Waals surface area contributed by atoms with E-state index in [-0.39, 0.29) is 20.4 Å². The third-order valence-corrected chi connectivity index (χ3v) is 6.63. The van der Waals surface area contributed by atoms with E-state index in [1.54, 1.807) is 6.07 Å². The van der Waals surface area contributed by atoms with Gasteiger partial charge in [0.15, 0.2) is 0 Å². The van der Waals surface area contributed by atoms with Gasteiger partial charge in [-0.15, -0.1) is 0 Å². The highest BCUT2D eigenvalue weighted by Gasteiger charge is 2.33. The van der Waals surface area contributed by atoms with E-state index in [0.29, 0.717) is 5.58 Å². The van der Waals surface area contributed by atoms with Gasteiger partial charge in [-0.2, -0.15) is 0 Å². The van der Waals surface area contributed by atoms with Crippen molar-refractivity contribution < 1.29 is 17.9 Å². The molecule has 1 aromatic carbocycles. The summed E-state index contributed by atoms with van der Waals surface area (Å²) in [6, 6.07) is 5.94. The number of halogens is 1. The molecule has 0 saturated heterocycles. The summed E-state index contributed by atoms with van der Waals surface area (Å²) in [6.07, 6.45) is 2.01. The molecule has 3 aromatic rings. The second-order valence-corrected chi connectivity index (χ2v) is 9.20. The normalized spacial score (nSPS) is 16.6. The molecular formula is C18H17ClN2O4S. The number of nitrogens with one attached hydrogen (secondary N) is 1. The van der Waals surface area contributed by atoms with E-state index in [2.05, 4.69) is 10.3 Å². The Morgan fingerprint density at radius 1 is 1.31 bits per heavy atom. The molecule has 0 spiro atoms. The molecule has 0 atom stereocenters. The van der Waals surface area contributed by atoms with E-state index in [4.69, 9.17) is 16.0 Å². The van der Waals surface area contributed by atoms with E-state index in [1.165, 1.54) is 24.4 Å². The number of nitrogens with zero attached hydrogens (tertiary/aromatic N) is 1. The average molecular weight is 393 g/mol. The van der Waals surface area contributed by atoms with Crippen molar-refractivity contribution in [3.8, 4) is 5.88 Å². The number of aromatic hydroxyl groups is 1. The van der Waals surface area contributed by atoms with Crippen LogP contribution in [-0.2, 0) is 21.8 Å². The van der Waals surface area contributed by atoms with Gasteiger partial charge in [0.25, 0.3) is 0 Å². The van der Waals surface area contributed by atoms with Crippen molar-refractivity contribution >= 4 is 32.4 Å². The summed E-state index contributed by atoms with van der Waals surface area (Å²) in [7, 11) is -3.99. The van der Waals surface area contributed by atoms with Gasteiger partial charge in [-0.1, -0.05) is 11.6 Å². The number of fused-ring (bicyclic) bond motifs is 3. The zero-order chi connectivity index (χ0) is 18.7. The van der Waals surface area contributed by atoms with E-state index in [9.17, 15) is 13.5 Å². The Kier molecular flexibility index (Phi) is 3.80. The lowest BCUT2D eigenvalue weighted by atomic mass is 9.91. The van der Waals surface area contributed by atoms with Crippen LogP contribution < -0.4 is 5.32 Å². The Morgan fingerprint density at radius 3 is 2.85 bits per heavy atom. The van der Waals surface area contributed by atoms with Crippen molar-refractivity contribution in [1.29, 1.82) is 0 Å². The Balaban J connectivity index is 1.90. The molecule has 136 valence electrons. The molecule has 1 aliphatic heterocycles. The van der Waals surface area contributed by atoms with Crippen molar-refractivity contribution in [3.05, 3.63) is 46.8 Å². The first-order valence-corrected chi connectivity index (χ1v) is 9.97. The molecule has 0 saturated carbocycles. The number of hydrogen-bond acceptors (Lipinski definition) is 6. The van der Waals surface area contributed by atoms with Gasteiger partial charge in [0.1, 0.15) is 16.2 Å². The van der Waals surface area contributed by atoms with Gasteiger partial charge in [0, 0.05) is 29.8 Å². The number of benzene rings is 1. The summed E-state index contributed by atoms with van der Waals surface area (Å²) in [4.78, 5) is 3.30. The van der Waals surface area contributed by atoms with Gasteiger partial charge in [0.05, 0.1) is 15.5 Å². The zero-order valence-electron chi connectivity index (χ0n) is 14.2. The molecule has 3 heterocycles. The highest BCUT2D eigenvalue weighted by atomic mass is 35.5. The fraction of sp³-hybridized carbons (Fsp3) is 0.278. The maximum absolute atomic E-state index is 12.9. The molecule has 0 unspecified atom stereocenters. The Hall–Kier alpha value is -2.09. The van der Waals surface area contributed by atoms with E-state index < -0.39 is 15.7 Å². The molecule has 0 radical (unpaired) electrons. The fourth-order valence-electron chi connectivity index (χ4n) is 3.37. The van der Waals surface area contributed by atoms with Crippen molar-refractivity contribution in [1.82, 2.24) is 10.3 Å². The van der Waals surface area contributed by atoms with Gasteiger partial charge in [0.2, 0.25) is 15.7 Å². The zero-order valence-corrected chi connectivity index (χ0v) is 15.8. The first kappa shape index (κ1) is 17.3. The lowest BCUT2D eigenvalue weighted by Crippen LogP contribution is -2.41. The van der Waals surface area contributed by atoms with Crippen LogP contribution in [0.4, 0.5) is 0 Å². The third kappa shape index (κ3) is 2.58. The van der Waals surface area contributed by atoms with Crippen LogP contribution in [-0.4, -0.2) is 25.1 Å². The predicted octanol–water partition coefficient (Wildman–Crippen LogP) is 3.40. The molecule has 0 aliphatic carbocycles. The molecule has 26 heavy (non-hydrogen) atoms. The number of sulfone groups is 1. The summed E-state index contributed by atoms with van der Waals surface area (Å²) in [5.74, 6) is 0.235. The molecular weight excluding hydrogens is 376 g/mol. The van der Waals surface area contributed by atoms with Crippen LogP contribution in [0.2, 0.25) is 5.02 Å². The van der Waals surface area contributed by atoms with Crippen molar-refractivity contribution in [2.45, 2.75) is 35.6 Å². The van der Waals surface area contributed by atoms with Gasteiger partial charge in [-0.05, 0) is 38.5 Å². The molecule has 4 rings (SSSR count). The highest BCUT2D eigenvalue weighted by Crippen LogP contribution is 2.38. The SMILES string of the molecule is CC1(C)NCCc2c1oc1cc(S(=O)(=O)c3cc(Cl)cnc3O)ccc21. The number of rotatable bonds is 2. The summed E-state index contributed by atoms with van der Waals surface area (Å²) >= 11 is 5.84. The summed E-state index contributed by atoms with van der Waals surface area (Å²) in [5, 5.41) is 14.3. The van der Waals surface area contributed by atoms with Crippen molar-refractivity contribution in [2.24, 2.45) is 0 Å². The minimum Gasteiger partial charge on any atom is -0.492 e. The lowest BCUT2D eigenvalue weighted by molar-refractivity contribution is 0.310. The van der Waals surface area contributed by atoms with Crippen LogP contribution in [0.15, 0.2) is 44.7 Å². The molecule has 0 amide bonds. The Labute approximate surface area is 155 Å².